The zero-order valence-electron chi connectivity index (χ0n) is 13.1. The molecule has 1 amide bonds. The van der Waals surface area contributed by atoms with Crippen LogP contribution in [-0.2, 0) is 24.7 Å². The van der Waals surface area contributed by atoms with Crippen LogP contribution in [0.15, 0.2) is 24.3 Å². The first-order valence-electron chi connectivity index (χ1n) is 7.29. The van der Waals surface area contributed by atoms with Crippen LogP contribution in [0.4, 0.5) is 10.1 Å². The van der Waals surface area contributed by atoms with Gasteiger partial charge in [-0.15, -0.1) is 0 Å². The van der Waals surface area contributed by atoms with Crippen molar-refractivity contribution in [1.29, 1.82) is 0 Å². The van der Waals surface area contributed by atoms with Crippen LogP contribution in [0.3, 0.4) is 0 Å². The van der Waals surface area contributed by atoms with E-state index in [0.29, 0.717) is 5.69 Å². The van der Waals surface area contributed by atoms with Gasteiger partial charge in [0.1, 0.15) is 5.82 Å². The molecule has 24 heavy (non-hydrogen) atoms. The van der Waals surface area contributed by atoms with Crippen molar-refractivity contribution in [3.05, 3.63) is 30.1 Å². The summed E-state index contributed by atoms with van der Waals surface area (Å²) in [5.41, 5.74) is 0.399. The van der Waals surface area contributed by atoms with Gasteiger partial charge in [-0.25, -0.2) is 21.2 Å². The number of nitrogens with one attached hydrogen (secondary N) is 1. The van der Waals surface area contributed by atoms with Gasteiger partial charge >= 0.3 is 0 Å². The minimum atomic E-state index is -3.63. The van der Waals surface area contributed by atoms with Crippen molar-refractivity contribution in [2.24, 2.45) is 0 Å². The van der Waals surface area contributed by atoms with Crippen LogP contribution in [0.2, 0.25) is 0 Å². The van der Waals surface area contributed by atoms with Crippen LogP contribution in [0, 0.1) is 5.82 Å². The van der Waals surface area contributed by atoms with Crippen LogP contribution < -0.4 is 5.32 Å². The maximum absolute atomic E-state index is 12.8. The van der Waals surface area contributed by atoms with Gasteiger partial charge in [-0.1, -0.05) is 0 Å². The number of carbonyl (C=O) groups is 1. The van der Waals surface area contributed by atoms with E-state index in [9.17, 15) is 26.0 Å². The fourth-order valence-electron chi connectivity index (χ4n) is 2.59. The predicted octanol–water partition coefficient (Wildman–Crippen LogP) is 0.603. The number of sulfone groups is 1. The second kappa shape index (κ2) is 7.16. The number of amides is 1. The first kappa shape index (κ1) is 18.8. The molecule has 1 heterocycles. The molecule has 1 aromatic rings. The molecule has 0 aromatic heterocycles. The Labute approximate surface area is 140 Å². The summed E-state index contributed by atoms with van der Waals surface area (Å²) in [6.45, 7) is -0.105. The molecular weight excluding hydrogens is 359 g/mol. The van der Waals surface area contributed by atoms with Gasteiger partial charge in [-0.05, 0) is 30.7 Å². The Morgan fingerprint density at radius 1 is 1.33 bits per heavy atom. The summed E-state index contributed by atoms with van der Waals surface area (Å²) < 4.78 is 60.8. The van der Waals surface area contributed by atoms with Gasteiger partial charge < -0.3 is 5.32 Å². The highest BCUT2D eigenvalue weighted by Gasteiger charge is 2.36. The van der Waals surface area contributed by atoms with E-state index in [1.165, 1.54) is 24.3 Å². The molecule has 0 spiro atoms. The van der Waals surface area contributed by atoms with Crippen molar-refractivity contribution in [2.75, 3.05) is 29.6 Å². The zero-order chi connectivity index (χ0) is 18.0. The molecule has 134 valence electrons. The maximum atomic E-state index is 12.8. The lowest BCUT2D eigenvalue weighted by atomic mass is 10.2. The van der Waals surface area contributed by atoms with Gasteiger partial charge in [0.05, 0.1) is 17.8 Å². The van der Waals surface area contributed by atoms with Gasteiger partial charge in [-0.3, -0.25) is 4.79 Å². The molecular formula is C14H19FN2O5S2. The number of hydrogen-bond donors (Lipinski definition) is 1. The molecule has 1 unspecified atom stereocenters. The van der Waals surface area contributed by atoms with Crippen LogP contribution in [-0.4, -0.2) is 57.4 Å². The van der Waals surface area contributed by atoms with Crippen LogP contribution >= 0.6 is 0 Å². The highest BCUT2D eigenvalue weighted by atomic mass is 32.2. The summed E-state index contributed by atoms with van der Waals surface area (Å²) in [7, 11) is -6.87. The summed E-state index contributed by atoms with van der Waals surface area (Å²) in [4.78, 5) is 11.9. The summed E-state index contributed by atoms with van der Waals surface area (Å²) in [5, 5.41) is 2.54. The van der Waals surface area contributed by atoms with E-state index in [4.69, 9.17) is 0 Å². The monoisotopic (exact) mass is 378 g/mol. The average Bonchev–Trinajstić information content (AvgIpc) is 2.80. The molecule has 1 atom stereocenters. The number of sulfonamides is 1. The molecule has 1 aromatic carbocycles. The van der Waals surface area contributed by atoms with Gasteiger partial charge in [0.15, 0.2) is 9.84 Å². The third kappa shape index (κ3) is 5.25. The Balaban J connectivity index is 1.98. The largest absolute Gasteiger partial charge is 0.326 e. The number of hydrogen-bond acceptors (Lipinski definition) is 5. The molecule has 2 rings (SSSR count). The van der Waals surface area contributed by atoms with Crippen molar-refractivity contribution in [3.8, 4) is 0 Å². The van der Waals surface area contributed by atoms with E-state index >= 15 is 0 Å². The molecule has 1 fully saturated rings. The number of carbonyl (C=O) groups excluding carboxylic acids is 1. The second-order valence-electron chi connectivity index (χ2n) is 5.74. The van der Waals surface area contributed by atoms with E-state index in [0.717, 1.165) is 10.6 Å². The normalized spacial score (nSPS) is 20.2. The molecule has 0 radical (unpaired) electrons. The number of benzene rings is 1. The lowest BCUT2D eigenvalue weighted by molar-refractivity contribution is -0.116. The minimum absolute atomic E-state index is 0.0501. The van der Waals surface area contributed by atoms with Gasteiger partial charge in [0, 0.05) is 24.7 Å². The first-order chi connectivity index (χ1) is 11.1. The molecule has 0 aliphatic carbocycles. The number of halogens is 1. The summed E-state index contributed by atoms with van der Waals surface area (Å²) in [5.74, 6) is -1.14. The van der Waals surface area contributed by atoms with Crippen molar-refractivity contribution < 1.29 is 26.0 Å². The minimum Gasteiger partial charge on any atom is -0.326 e. The average molecular weight is 378 g/mol. The molecule has 1 aliphatic heterocycles. The first-order valence-corrected chi connectivity index (χ1v) is 11.0. The Kier molecular flexibility index (Phi) is 5.61. The fourth-order valence-corrected chi connectivity index (χ4v) is 5.56. The molecule has 1 saturated heterocycles. The summed E-state index contributed by atoms with van der Waals surface area (Å²) in [6.07, 6.45) is 1.10. The molecule has 0 bridgehead atoms. The molecule has 1 N–H and O–H groups in total. The van der Waals surface area contributed by atoms with Crippen molar-refractivity contribution in [3.63, 3.8) is 0 Å². The fraction of sp³-hybridized carbons (Fsp3) is 0.500. The number of anilines is 1. The molecule has 0 saturated carbocycles. The van der Waals surface area contributed by atoms with Crippen molar-refractivity contribution in [1.82, 2.24) is 4.31 Å². The molecule has 1 aliphatic rings. The zero-order valence-corrected chi connectivity index (χ0v) is 14.7. The van der Waals surface area contributed by atoms with E-state index in [2.05, 4.69) is 5.32 Å². The van der Waals surface area contributed by atoms with Crippen molar-refractivity contribution in [2.45, 2.75) is 18.9 Å². The predicted molar refractivity (Wildman–Crippen MR) is 88.3 cm³/mol. The third-order valence-corrected chi connectivity index (χ3v) is 6.81. The quantitative estimate of drug-likeness (QED) is 0.781. The highest BCUT2D eigenvalue weighted by molar-refractivity contribution is 7.92. The van der Waals surface area contributed by atoms with Crippen LogP contribution in [0.1, 0.15) is 12.8 Å². The van der Waals surface area contributed by atoms with Crippen LogP contribution in [0.5, 0.6) is 0 Å². The van der Waals surface area contributed by atoms with E-state index in [-0.39, 0.29) is 30.9 Å². The van der Waals surface area contributed by atoms with Gasteiger partial charge in [0.25, 0.3) is 0 Å². The standard InChI is InChI=1S/C14H19FN2O5S2/c1-23(19,20)17(13-7-9-24(21,22)10-13)8-6-14(18)16-12-4-2-11(15)3-5-12/h2-5,13H,6-10H2,1H3,(H,16,18). The SMILES string of the molecule is CS(=O)(=O)N(CCC(=O)Nc1ccc(F)cc1)C1CCS(=O)(=O)C1. The smallest absolute Gasteiger partial charge is 0.225 e. The second-order valence-corrected chi connectivity index (χ2v) is 9.90. The Hall–Kier alpha value is -1.52. The lowest BCUT2D eigenvalue weighted by Gasteiger charge is -2.25. The van der Waals surface area contributed by atoms with E-state index in [1.54, 1.807) is 0 Å². The molecule has 7 nitrogen and oxygen atoms in total. The van der Waals surface area contributed by atoms with E-state index in [1.807, 2.05) is 0 Å². The Bertz CT molecular complexity index is 806. The van der Waals surface area contributed by atoms with Gasteiger partial charge in [-0.2, -0.15) is 4.31 Å². The number of nitrogens with zero attached hydrogens (tertiary/aromatic N) is 1. The Morgan fingerprint density at radius 3 is 2.46 bits per heavy atom. The van der Waals surface area contributed by atoms with Crippen LogP contribution in [0.25, 0.3) is 0 Å². The maximum Gasteiger partial charge on any atom is 0.225 e. The summed E-state index contributed by atoms with van der Waals surface area (Å²) >= 11 is 0. The number of rotatable bonds is 6. The lowest BCUT2D eigenvalue weighted by Crippen LogP contribution is -2.42. The third-order valence-electron chi connectivity index (χ3n) is 3.73. The van der Waals surface area contributed by atoms with Gasteiger partial charge in [0.2, 0.25) is 15.9 Å². The van der Waals surface area contributed by atoms with E-state index < -0.39 is 37.6 Å². The summed E-state index contributed by atoms with van der Waals surface area (Å²) in [6, 6.07) is 4.54. The highest BCUT2D eigenvalue weighted by Crippen LogP contribution is 2.20. The Morgan fingerprint density at radius 2 is 1.96 bits per heavy atom. The van der Waals surface area contributed by atoms with Crippen molar-refractivity contribution >= 4 is 31.5 Å². The topological polar surface area (TPSA) is 101 Å². The molecule has 10 heteroatoms.